The molecule has 0 saturated heterocycles. The Balaban J connectivity index is 2.11. The van der Waals surface area contributed by atoms with Gasteiger partial charge in [-0.2, -0.15) is 0 Å². The van der Waals surface area contributed by atoms with Gasteiger partial charge in [0, 0.05) is 6.54 Å². The van der Waals surface area contributed by atoms with Crippen molar-refractivity contribution in [3.8, 4) is 11.5 Å². The summed E-state index contributed by atoms with van der Waals surface area (Å²) >= 11 is 0. The Kier molecular flexibility index (Phi) is 13.1. The summed E-state index contributed by atoms with van der Waals surface area (Å²) in [7, 11) is 0. The van der Waals surface area contributed by atoms with Crippen molar-refractivity contribution in [1.29, 1.82) is 0 Å². The SMILES string of the molecule is CC(CN[C@@H](Cc1ccc(OC(=O)OCC(C)(C)C)c(OC(=O)OCC(C)(C)C)c1)C(=O)O)OC(=O)C1CCCCC1. The van der Waals surface area contributed by atoms with Crippen molar-refractivity contribution in [2.24, 2.45) is 16.7 Å². The maximum absolute atomic E-state index is 12.4. The lowest BCUT2D eigenvalue weighted by Crippen LogP contribution is -2.43. The highest BCUT2D eigenvalue weighted by atomic mass is 16.7. The molecule has 0 radical (unpaired) electrons. The van der Waals surface area contributed by atoms with Crippen LogP contribution in [0, 0.1) is 16.7 Å². The minimum absolute atomic E-state index is 0.000768. The van der Waals surface area contributed by atoms with Crippen LogP contribution in [-0.4, -0.2) is 61.3 Å². The second kappa shape index (κ2) is 15.8. The fourth-order valence-corrected chi connectivity index (χ4v) is 4.10. The molecule has 2 rings (SSSR count). The summed E-state index contributed by atoms with van der Waals surface area (Å²) in [5, 5.41) is 12.8. The Labute approximate surface area is 248 Å². The van der Waals surface area contributed by atoms with E-state index >= 15 is 0 Å². The maximum atomic E-state index is 12.4. The molecule has 0 bridgehead atoms. The highest BCUT2D eigenvalue weighted by molar-refractivity contribution is 5.74. The topological polar surface area (TPSA) is 147 Å². The third-order valence-electron chi connectivity index (χ3n) is 6.29. The minimum atomic E-state index is -1.11. The standard InChI is InChI=1S/C31H47NO10/c1-20(40-27(35)22-11-9-8-10-12-22)17-32-23(26(33)34)15-21-13-14-24(41-28(36)38-18-30(2,3)4)25(16-21)42-29(37)39-19-31(5,6)7/h13-14,16,20,22-23,32H,8-12,15,17-19H2,1-7H3,(H,33,34)/t20?,23-/m0/s1. The first-order valence-electron chi connectivity index (χ1n) is 14.5. The van der Waals surface area contributed by atoms with Crippen LogP contribution >= 0.6 is 0 Å². The van der Waals surface area contributed by atoms with Gasteiger partial charge in [0.2, 0.25) is 0 Å². The molecule has 1 aromatic carbocycles. The molecular weight excluding hydrogens is 546 g/mol. The lowest BCUT2D eigenvalue weighted by molar-refractivity contribution is -0.154. The number of carboxylic acid groups (broad SMARTS) is 1. The van der Waals surface area contributed by atoms with Crippen LogP contribution < -0.4 is 14.8 Å². The van der Waals surface area contributed by atoms with E-state index < -0.39 is 30.4 Å². The fourth-order valence-electron chi connectivity index (χ4n) is 4.10. The second-order valence-electron chi connectivity index (χ2n) is 13.3. The molecule has 1 aliphatic carbocycles. The molecule has 2 atom stereocenters. The number of carboxylic acids is 1. The van der Waals surface area contributed by atoms with E-state index in [-0.39, 0.29) is 60.4 Å². The predicted octanol–water partition coefficient (Wildman–Crippen LogP) is 5.91. The summed E-state index contributed by atoms with van der Waals surface area (Å²) in [6.07, 6.45) is 2.28. The number of hydrogen-bond acceptors (Lipinski definition) is 10. The highest BCUT2D eigenvalue weighted by Gasteiger charge is 2.26. The van der Waals surface area contributed by atoms with Crippen molar-refractivity contribution < 1.29 is 48.0 Å². The largest absolute Gasteiger partial charge is 0.513 e. The number of aliphatic carboxylic acids is 1. The van der Waals surface area contributed by atoms with Gasteiger partial charge < -0.3 is 34.1 Å². The lowest BCUT2D eigenvalue weighted by atomic mass is 9.89. The van der Waals surface area contributed by atoms with Crippen molar-refractivity contribution in [3.63, 3.8) is 0 Å². The van der Waals surface area contributed by atoms with Gasteiger partial charge >= 0.3 is 24.2 Å². The molecule has 0 aliphatic heterocycles. The Hall–Kier alpha value is -3.34. The van der Waals surface area contributed by atoms with Crippen molar-refractivity contribution in [3.05, 3.63) is 23.8 Å². The molecule has 11 nitrogen and oxygen atoms in total. The first kappa shape index (κ1) is 34.9. The van der Waals surface area contributed by atoms with Gasteiger partial charge in [-0.25, -0.2) is 9.59 Å². The van der Waals surface area contributed by atoms with Gasteiger partial charge in [0.25, 0.3) is 0 Å². The van der Waals surface area contributed by atoms with Crippen molar-refractivity contribution in [2.75, 3.05) is 19.8 Å². The number of carbonyl (C=O) groups is 4. The van der Waals surface area contributed by atoms with E-state index in [9.17, 15) is 24.3 Å². The summed E-state index contributed by atoms with van der Waals surface area (Å²) in [4.78, 5) is 49.2. The molecule has 42 heavy (non-hydrogen) atoms. The van der Waals surface area contributed by atoms with E-state index in [4.69, 9.17) is 23.7 Å². The minimum Gasteiger partial charge on any atom is -0.480 e. The molecule has 1 saturated carbocycles. The summed E-state index contributed by atoms with van der Waals surface area (Å²) in [5.41, 5.74) is -0.112. The molecule has 236 valence electrons. The fraction of sp³-hybridized carbons (Fsp3) is 0.677. The first-order valence-corrected chi connectivity index (χ1v) is 14.5. The average Bonchev–Trinajstić information content (AvgIpc) is 2.89. The number of hydrogen-bond donors (Lipinski definition) is 2. The lowest BCUT2D eigenvalue weighted by Gasteiger charge is -2.23. The summed E-state index contributed by atoms with van der Waals surface area (Å²) in [5.74, 6) is -1.67. The van der Waals surface area contributed by atoms with Crippen molar-refractivity contribution in [1.82, 2.24) is 5.32 Å². The molecule has 0 amide bonds. The summed E-state index contributed by atoms with van der Waals surface area (Å²) < 4.78 is 26.5. The van der Waals surface area contributed by atoms with Gasteiger partial charge in [0.05, 0.1) is 19.1 Å². The average molecular weight is 594 g/mol. The third-order valence-corrected chi connectivity index (χ3v) is 6.29. The van der Waals surface area contributed by atoms with E-state index in [0.717, 1.165) is 32.1 Å². The molecule has 0 spiro atoms. The zero-order valence-electron chi connectivity index (χ0n) is 25.9. The van der Waals surface area contributed by atoms with Crippen LogP contribution in [0.3, 0.4) is 0 Å². The van der Waals surface area contributed by atoms with Crippen LogP contribution in [0.1, 0.15) is 86.1 Å². The molecule has 11 heteroatoms. The second-order valence-corrected chi connectivity index (χ2v) is 13.3. The Morgan fingerprint density at radius 2 is 1.43 bits per heavy atom. The van der Waals surface area contributed by atoms with Gasteiger partial charge in [-0.1, -0.05) is 66.9 Å². The highest BCUT2D eigenvalue weighted by Crippen LogP contribution is 2.31. The smallest absolute Gasteiger partial charge is 0.480 e. The van der Waals surface area contributed by atoms with Crippen LogP contribution in [0.5, 0.6) is 11.5 Å². The number of carbonyl (C=O) groups excluding carboxylic acids is 3. The Morgan fingerprint density at radius 3 is 1.95 bits per heavy atom. The zero-order valence-corrected chi connectivity index (χ0v) is 25.9. The number of esters is 1. The van der Waals surface area contributed by atoms with E-state index in [2.05, 4.69) is 5.32 Å². The Morgan fingerprint density at radius 1 is 0.881 bits per heavy atom. The van der Waals surface area contributed by atoms with Crippen molar-refractivity contribution >= 4 is 24.2 Å². The van der Waals surface area contributed by atoms with Gasteiger partial charge in [0.1, 0.15) is 12.1 Å². The van der Waals surface area contributed by atoms with Crippen LogP contribution in [0.2, 0.25) is 0 Å². The van der Waals surface area contributed by atoms with E-state index in [1.54, 1.807) is 13.0 Å². The summed E-state index contributed by atoms with van der Waals surface area (Å²) in [6, 6.07) is 3.33. The van der Waals surface area contributed by atoms with Crippen LogP contribution in [-0.2, 0) is 30.2 Å². The zero-order chi connectivity index (χ0) is 31.5. The molecule has 1 unspecified atom stereocenters. The molecule has 1 aromatic rings. The molecular formula is C31H47NO10. The van der Waals surface area contributed by atoms with E-state index in [0.29, 0.717) is 5.56 Å². The van der Waals surface area contributed by atoms with Crippen LogP contribution in [0.25, 0.3) is 0 Å². The first-order chi connectivity index (χ1) is 19.5. The van der Waals surface area contributed by atoms with Gasteiger partial charge in [-0.15, -0.1) is 0 Å². The number of benzene rings is 1. The third kappa shape index (κ3) is 13.5. The number of ether oxygens (including phenoxy) is 5. The van der Waals surface area contributed by atoms with Gasteiger partial charge in [0.15, 0.2) is 11.5 Å². The molecule has 1 aliphatic rings. The maximum Gasteiger partial charge on any atom is 0.513 e. The van der Waals surface area contributed by atoms with Crippen LogP contribution in [0.4, 0.5) is 9.59 Å². The quantitative estimate of drug-likeness (QED) is 0.169. The van der Waals surface area contributed by atoms with Crippen LogP contribution in [0.15, 0.2) is 18.2 Å². The number of nitrogens with one attached hydrogen (secondary N) is 1. The van der Waals surface area contributed by atoms with E-state index in [1.165, 1.54) is 12.1 Å². The summed E-state index contributed by atoms with van der Waals surface area (Å²) in [6.45, 7) is 13.4. The van der Waals surface area contributed by atoms with Crippen molar-refractivity contribution in [2.45, 2.75) is 99.1 Å². The van der Waals surface area contributed by atoms with E-state index in [1.807, 2.05) is 41.5 Å². The monoisotopic (exact) mass is 593 g/mol. The molecule has 2 N–H and O–H groups in total. The van der Waals surface area contributed by atoms with Gasteiger partial charge in [-0.05, 0) is 54.7 Å². The normalized spacial score (nSPS) is 15.7. The number of rotatable bonds is 12. The Bertz CT molecular complexity index is 1070. The predicted molar refractivity (Wildman–Crippen MR) is 155 cm³/mol. The molecule has 0 heterocycles. The van der Waals surface area contributed by atoms with Gasteiger partial charge in [-0.3, -0.25) is 9.59 Å². The molecule has 1 fully saturated rings. The molecule has 0 aromatic heterocycles.